The molecule has 7 aromatic rings. The third-order valence-electron chi connectivity index (χ3n) is 10.3. The Morgan fingerprint density at radius 3 is 0.731 bits per heavy atom. The van der Waals surface area contributed by atoms with Gasteiger partial charge in [-0.1, -0.05) is 173 Å². The monoisotopic (exact) mass is 676 g/mol. The summed E-state index contributed by atoms with van der Waals surface area (Å²) in [4.78, 5) is 0. The Morgan fingerprint density at radius 2 is 0.481 bits per heavy atom. The van der Waals surface area contributed by atoms with Gasteiger partial charge in [0.2, 0.25) is 0 Å². The van der Waals surface area contributed by atoms with Gasteiger partial charge in [-0.2, -0.15) is 10.2 Å². The minimum atomic E-state index is -1.31. The van der Waals surface area contributed by atoms with Crippen molar-refractivity contribution in [2.45, 2.75) is 45.6 Å². The maximum absolute atomic E-state index is 12.3. The topological polar surface area (TPSA) is 45.0 Å². The second kappa shape index (κ2) is 14.4. The lowest BCUT2D eigenvalue weighted by atomic mass is 9.65. The molecule has 0 radical (unpaired) electrons. The second-order valence-corrected chi connectivity index (χ2v) is 14.1. The molecule has 0 unspecified atom stereocenters. The van der Waals surface area contributed by atoms with Crippen LogP contribution in [0.1, 0.15) is 66.8 Å². The molecule has 7 aromatic carbocycles. The zero-order valence-corrected chi connectivity index (χ0v) is 30.5. The van der Waals surface area contributed by atoms with Crippen LogP contribution in [0, 0.1) is 34.6 Å². The highest BCUT2D eigenvalue weighted by Crippen LogP contribution is 2.46. The molecule has 0 aliphatic rings. The van der Waals surface area contributed by atoms with Crippen molar-refractivity contribution in [2.75, 3.05) is 0 Å². The average Bonchev–Trinajstić information content (AvgIpc) is 3.17. The molecule has 52 heavy (non-hydrogen) atoms. The second-order valence-electron chi connectivity index (χ2n) is 14.1. The van der Waals surface area contributed by atoms with Gasteiger partial charge in [-0.15, -0.1) is 0 Å². The van der Waals surface area contributed by atoms with Crippen molar-refractivity contribution >= 4 is 11.4 Å². The van der Waals surface area contributed by atoms with Gasteiger partial charge in [-0.3, -0.25) is 0 Å². The van der Waals surface area contributed by atoms with Crippen molar-refractivity contribution in [3.8, 4) is 0 Å². The first-order chi connectivity index (χ1) is 25.2. The summed E-state index contributed by atoms with van der Waals surface area (Å²) in [5, 5.41) is 21.6. The van der Waals surface area contributed by atoms with Crippen LogP contribution in [0.5, 0.6) is 0 Å². The quantitative estimate of drug-likeness (QED) is 0.120. The summed E-state index contributed by atoms with van der Waals surface area (Å²) in [5.74, 6) is 0. The van der Waals surface area contributed by atoms with E-state index >= 15 is 0 Å². The third kappa shape index (κ3) is 6.64. The normalized spacial score (nSPS) is 12.0. The van der Waals surface area contributed by atoms with Gasteiger partial charge in [0.25, 0.3) is 0 Å². The predicted octanol–water partition coefficient (Wildman–Crippen LogP) is 12.3. The minimum Gasteiger partial charge on any atom is -0.376 e. The summed E-state index contributed by atoms with van der Waals surface area (Å²) >= 11 is 0. The summed E-state index contributed by atoms with van der Waals surface area (Å²) in [5.41, 5.74) is 12.7. The molecular weight excluding hydrogens is 633 g/mol. The van der Waals surface area contributed by atoms with Crippen LogP contribution >= 0.6 is 0 Å². The van der Waals surface area contributed by atoms with Gasteiger partial charge in [-0.25, -0.2) is 0 Å². The molecule has 0 aliphatic carbocycles. The first-order valence-corrected chi connectivity index (χ1v) is 17.9. The highest BCUT2D eigenvalue weighted by Gasteiger charge is 2.38. The molecule has 0 bridgehead atoms. The van der Waals surface area contributed by atoms with E-state index in [0.717, 1.165) is 39.1 Å². The van der Waals surface area contributed by atoms with E-state index in [4.69, 9.17) is 0 Å². The lowest BCUT2D eigenvalue weighted by Gasteiger charge is -2.37. The van der Waals surface area contributed by atoms with Crippen molar-refractivity contribution < 1.29 is 5.11 Å². The number of nitrogens with zero attached hydrogens (tertiary/aromatic N) is 2. The number of aryl methyl sites for hydroxylation is 5. The SMILES string of the molecule is Cc1ccc(C(O)(c2ccc(C)cc2)c2ccc(N=Nc3ccc(C(c4ccc(C)cc4)(c4ccc(C)cc4)c4ccc(C)cc4)cc3)cc2)cc1. The molecule has 7 rings (SSSR count). The number of aliphatic hydroxyl groups is 1. The molecular formula is C49H44N2O. The molecule has 0 fully saturated rings. The maximum atomic E-state index is 12.3. The Kier molecular flexibility index (Phi) is 9.55. The van der Waals surface area contributed by atoms with E-state index in [0.29, 0.717) is 5.69 Å². The first kappa shape index (κ1) is 34.5. The Balaban J connectivity index is 1.24. The lowest BCUT2D eigenvalue weighted by Crippen LogP contribution is -2.31. The zero-order chi connectivity index (χ0) is 36.3. The van der Waals surface area contributed by atoms with Crippen molar-refractivity contribution in [1.82, 2.24) is 0 Å². The maximum Gasteiger partial charge on any atom is 0.140 e. The van der Waals surface area contributed by atoms with Crippen molar-refractivity contribution in [3.05, 3.63) is 237 Å². The molecule has 0 saturated carbocycles. The van der Waals surface area contributed by atoms with Crippen molar-refractivity contribution in [1.29, 1.82) is 0 Å². The van der Waals surface area contributed by atoms with Crippen LogP contribution in [0.2, 0.25) is 0 Å². The van der Waals surface area contributed by atoms with Crippen LogP contribution < -0.4 is 0 Å². The summed E-state index contributed by atoms with van der Waals surface area (Å²) in [6.45, 7) is 10.5. The number of hydrogen-bond donors (Lipinski definition) is 1. The van der Waals surface area contributed by atoms with Gasteiger partial charge in [0.1, 0.15) is 5.60 Å². The highest BCUT2D eigenvalue weighted by molar-refractivity contribution is 5.61. The van der Waals surface area contributed by atoms with Crippen LogP contribution in [-0.2, 0) is 11.0 Å². The van der Waals surface area contributed by atoms with Crippen LogP contribution in [0.4, 0.5) is 11.4 Å². The van der Waals surface area contributed by atoms with E-state index in [1.165, 1.54) is 33.4 Å². The average molecular weight is 677 g/mol. The summed E-state index contributed by atoms with van der Waals surface area (Å²) in [7, 11) is 0. The van der Waals surface area contributed by atoms with E-state index in [-0.39, 0.29) is 0 Å². The number of rotatable bonds is 9. The molecule has 256 valence electrons. The van der Waals surface area contributed by atoms with Gasteiger partial charge in [0, 0.05) is 0 Å². The molecule has 3 heteroatoms. The third-order valence-corrected chi connectivity index (χ3v) is 10.3. The van der Waals surface area contributed by atoms with Gasteiger partial charge in [0.05, 0.1) is 16.8 Å². The Morgan fingerprint density at radius 1 is 0.288 bits per heavy atom. The highest BCUT2D eigenvalue weighted by atomic mass is 16.3. The van der Waals surface area contributed by atoms with Crippen LogP contribution in [-0.4, -0.2) is 5.11 Å². The van der Waals surface area contributed by atoms with E-state index in [1.54, 1.807) is 0 Å². The Hall–Kier alpha value is -5.90. The molecule has 0 aromatic heterocycles. The van der Waals surface area contributed by atoms with E-state index in [2.05, 4.69) is 130 Å². The van der Waals surface area contributed by atoms with Gasteiger partial charge >= 0.3 is 0 Å². The molecule has 0 spiro atoms. The smallest absolute Gasteiger partial charge is 0.140 e. The first-order valence-electron chi connectivity index (χ1n) is 17.9. The fraction of sp³-hybridized carbons (Fsp3) is 0.143. The number of benzene rings is 7. The molecule has 3 nitrogen and oxygen atoms in total. The summed E-state index contributed by atoms with van der Waals surface area (Å²) in [6.07, 6.45) is 0. The zero-order valence-electron chi connectivity index (χ0n) is 30.5. The van der Waals surface area contributed by atoms with Crippen LogP contribution in [0.25, 0.3) is 0 Å². The van der Waals surface area contributed by atoms with Crippen LogP contribution in [0.3, 0.4) is 0 Å². The molecule has 0 aliphatic heterocycles. The number of hydrogen-bond acceptors (Lipinski definition) is 3. The Labute approximate surface area is 308 Å². The fourth-order valence-electron chi connectivity index (χ4n) is 7.16. The van der Waals surface area contributed by atoms with E-state index in [9.17, 15) is 5.11 Å². The fourth-order valence-corrected chi connectivity index (χ4v) is 7.16. The number of azo groups is 1. The molecule has 0 atom stereocenters. The molecule has 0 amide bonds. The molecule has 1 N–H and O–H groups in total. The van der Waals surface area contributed by atoms with Crippen molar-refractivity contribution in [2.24, 2.45) is 10.2 Å². The molecule has 0 heterocycles. The van der Waals surface area contributed by atoms with E-state index in [1.807, 2.05) is 84.9 Å². The predicted molar refractivity (Wildman–Crippen MR) is 214 cm³/mol. The van der Waals surface area contributed by atoms with Gasteiger partial charge < -0.3 is 5.11 Å². The largest absolute Gasteiger partial charge is 0.376 e. The lowest BCUT2D eigenvalue weighted by molar-refractivity contribution is 0.125. The Bertz CT molecular complexity index is 2130. The minimum absolute atomic E-state index is 0.535. The van der Waals surface area contributed by atoms with Crippen molar-refractivity contribution in [3.63, 3.8) is 0 Å². The summed E-state index contributed by atoms with van der Waals surface area (Å²) < 4.78 is 0. The van der Waals surface area contributed by atoms with Gasteiger partial charge in [0.15, 0.2) is 0 Å². The molecule has 0 saturated heterocycles. The van der Waals surface area contributed by atoms with Gasteiger partial charge in [-0.05, 0) is 97.8 Å². The standard InChI is InChI=1S/C49H44N2O/c1-34-6-16-39(17-7-34)48(40-18-8-35(2)9-19-40,41-20-10-36(3)11-21-41)42-26-30-46(31-27-42)50-51-47-32-28-45(29-33-47)49(52,43-22-12-37(4)13-23-43)44-24-14-38(5)15-25-44/h6-33,52H,1-5H3. The van der Waals surface area contributed by atoms with Crippen LogP contribution in [0.15, 0.2) is 180 Å². The summed E-state index contributed by atoms with van der Waals surface area (Å²) in [6, 6.07) is 59.0. The van der Waals surface area contributed by atoms with E-state index < -0.39 is 11.0 Å².